The fourth-order valence-electron chi connectivity index (χ4n) is 1.95. The highest BCUT2D eigenvalue weighted by molar-refractivity contribution is 7.98. The maximum absolute atomic E-state index is 5.69. The van der Waals surface area contributed by atoms with E-state index in [1.54, 1.807) is 25.6 Å². The normalized spacial score (nSPS) is 10.7. The number of hydrogen-bond acceptors (Lipinski definition) is 8. The lowest BCUT2D eigenvalue weighted by Gasteiger charge is -2.08. The number of benzene rings is 1. The van der Waals surface area contributed by atoms with Crippen molar-refractivity contribution >= 4 is 23.1 Å². The number of thiazole rings is 1. The molecule has 0 bridgehead atoms. The molecule has 0 aliphatic carbocycles. The second-order valence-electron chi connectivity index (χ2n) is 4.52. The van der Waals surface area contributed by atoms with Gasteiger partial charge in [0, 0.05) is 16.7 Å². The van der Waals surface area contributed by atoms with Crippen LogP contribution in [0, 0.1) is 0 Å². The van der Waals surface area contributed by atoms with Crippen molar-refractivity contribution in [3.8, 4) is 22.1 Å². The molecule has 2 aromatic heterocycles. The number of rotatable bonds is 6. The third kappa shape index (κ3) is 3.40. The minimum Gasteiger partial charge on any atom is -0.493 e. The van der Waals surface area contributed by atoms with Crippen molar-refractivity contribution in [3.05, 3.63) is 35.6 Å². The summed E-state index contributed by atoms with van der Waals surface area (Å²) in [5.74, 6) is 7.76. The van der Waals surface area contributed by atoms with Crippen LogP contribution < -0.4 is 15.3 Å². The third-order valence-corrected chi connectivity index (χ3v) is 5.00. The van der Waals surface area contributed by atoms with Crippen molar-refractivity contribution in [2.45, 2.75) is 10.9 Å². The maximum atomic E-state index is 5.69. The van der Waals surface area contributed by atoms with Crippen LogP contribution in [0.5, 0.6) is 11.5 Å². The van der Waals surface area contributed by atoms with Crippen molar-refractivity contribution in [2.75, 3.05) is 20.1 Å². The van der Waals surface area contributed by atoms with Gasteiger partial charge in [-0.3, -0.25) is 0 Å². The van der Waals surface area contributed by atoms with Gasteiger partial charge in [-0.1, -0.05) is 11.8 Å². The molecule has 2 heterocycles. The molecule has 1 aromatic carbocycles. The number of ether oxygens (including phenoxy) is 2. The SMILES string of the molecule is COc1ccc(-c2nc(CSc3nncn3N)cs2)cc1OC. The number of thioether (sulfide) groups is 1. The van der Waals surface area contributed by atoms with Gasteiger partial charge in [-0.2, -0.15) is 0 Å². The predicted molar refractivity (Wildman–Crippen MR) is 90.4 cm³/mol. The standard InChI is InChI=1S/C14H15N5O2S2/c1-20-11-4-3-9(5-12(11)21-2)13-17-10(6-22-13)7-23-14-18-16-8-19(14)15/h3-6,8H,7,15H2,1-2H3. The van der Waals surface area contributed by atoms with Crippen LogP contribution in [0.2, 0.25) is 0 Å². The zero-order valence-corrected chi connectivity index (χ0v) is 14.2. The Labute approximate surface area is 141 Å². The van der Waals surface area contributed by atoms with Gasteiger partial charge in [0.15, 0.2) is 11.5 Å². The van der Waals surface area contributed by atoms with E-state index in [2.05, 4.69) is 15.2 Å². The Kier molecular flexibility index (Phi) is 4.68. The lowest BCUT2D eigenvalue weighted by atomic mass is 10.2. The number of methoxy groups -OCH3 is 2. The van der Waals surface area contributed by atoms with Crippen molar-refractivity contribution in [1.82, 2.24) is 19.9 Å². The molecule has 0 atom stereocenters. The molecule has 2 N–H and O–H groups in total. The first-order valence-corrected chi connectivity index (χ1v) is 8.52. The summed E-state index contributed by atoms with van der Waals surface area (Å²) in [5, 5.41) is 11.3. The van der Waals surface area contributed by atoms with Crippen molar-refractivity contribution in [1.29, 1.82) is 0 Å². The van der Waals surface area contributed by atoms with Gasteiger partial charge in [-0.25, -0.2) is 9.66 Å². The molecule has 3 aromatic rings. The van der Waals surface area contributed by atoms with Gasteiger partial charge in [-0.15, -0.1) is 21.5 Å². The van der Waals surface area contributed by atoms with Gasteiger partial charge in [-0.05, 0) is 18.2 Å². The number of hydrogen-bond donors (Lipinski definition) is 1. The molecule has 0 aliphatic rings. The minimum absolute atomic E-state index is 0.658. The summed E-state index contributed by atoms with van der Waals surface area (Å²) >= 11 is 3.07. The summed E-state index contributed by atoms with van der Waals surface area (Å²) in [4.78, 5) is 4.64. The van der Waals surface area contributed by atoms with Crippen molar-refractivity contribution in [2.24, 2.45) is 0 Å². The monoisotopic (exact) mass is 349 g/mol. The van der Waals surface area contributed by atoms with E-state index in [-0.39, 0.29) is 0 Å². The number of nitrogens with zero attached hydrogens (tertiary/aromatic N) is 4. The van der Waals surface area contributed by atoms with Crippen LogP contribution in [0.15, 0.2) is 35.1 Å². The van der Waals surface area contributed by atoms with Crippen LogP contribution in [0.25, 0.3) is 10.6 Å². The van der Waals surface area contributed by atoms with Gasteiger partial charge in [0.2, 0.25) is 5.16 Å². The van der Waals surface area contributed by atoms with Crippen LogP contribution in [0.4, 0.5) is 0 Å². The molecule has 9 heteroatoms. The van der Waals surface area contributed by atoms with E-state index in [4.69, 9.17) is 15.3 Å². The van der Waals surface area contributed by atoms with Crippen LogP contribution >= 0.6 is 23.1 Å². The van der Waals surface area contributed by atoms with E-state index in [1.165, 1.54) is 22.8 Å². The summed E-state index contributed by atoms with van der Waals surface area (Å²) in [7, 11) is 3.24. The Hall–Kier alpha value is -2.26. The number of aromatic nitrogens is 4. The largest absolute Gasteiger partial charge is 0.493 e. The van der Waals surface area contributed by atoms with Crippen LogP contribution in [-0.4, -0.2) is 34.1 Å². The molecule has 23 heavy (non-hydrogen) atoms. The fourth-order valence-corrected chi connectivity index (χ4v) is 3.60. The molecular formula is C14H15N5O2S2. The van der Waals surface area contributed by atoms with E-state index in [9.17, 15) is 0 Å². The Balaban J connectivity index is 1.75. The summed E-state index contributed by atoms with van der Waals surface area (Å²) in [6.07, 6.45) is 1.47. The minimum atomic E-state index is 0.658. The molecule has 0 saturated heterocycles. The van der Waals surface area contributed by atoms with E-state index in [0.29, 0.717) is 22.4 Å². The van der Waals surface area contributed by atoms with Crippen molar-refractivity contribution < 1.29 is 9.47 Å². The average Bonchev–Trinajstić information content (AvgIpc) is 3.21. The zero-order chi connectivity index (χ0) is 16.2. The number of nitrogens with two attached hydrogens (primary N) is 1. The predicted octanol–water partition coefficient (Wildman–Crippen LogP) is 2.42. The lowest BCUT2D eigenvalue weighted by molar-refractivity contribution is 0.355. The van der Waals surface area contributed by atoms with Gasteiger partial charge >= 0.3 is 0 Å². The summed E-state index contributed by atoms with van der Waals surface area (Å²) in [6.45, 7) is 0. The highest BCUT2D eigenvalue weighted by atomic mass is 32.2. The Morgan fingerprint density at radius 3 is 2.78 bits per heavy atom. The van der Waals surface area contributed by atoms with Gasteiger partial charge in [0.1, 0.15) is 11.3 Å². The highest BCUT2D eigenvalue weighted by Gasteiger charge is 2.11. The summed E-state index contributed by atoms with van der Waals surface area (Å²) < 4.78 is 12.0. The fraction of sp³-hybridized carbons (Fsp3) is 0.214. The first-order valence-electron chi connectivity index (χ1n) is 6.66. The molecule has 120 valence electrons. The van der Waals surface area contributed by atoms with Crippen LogP contribution in [0.3, 0.4) is 0 Å². The average molecular weight is 349 g/mol. The Morgan fingerprint density at radius 2 is 2.09 bits per heavy atom. The molecule has 0 radical (unpaired) electrons. The molecule has 7 nitrogen and oxygen atoms in total. The van der Waals surface area contributed by atoms with Crippen molar-refractivity contribution in [3.63, 3.8) is 0 Å². The highest BCUT2D eigenvalue weighted by Crippen LogP contribution is 2.34. The third-order valence-electron chi connectivity index (χ3n) is 3.07. The van der Waals surface area contributed by atoms with Crippen LogP contribution in [0.1, 0.15) is 5.69 Å². The van der Waals surface area contributed by atoms with Gasteiger partial charge < -0.3 is 15.3 Å². The molecule has 3 rings (SSSR count). The Bertz CT molecular complexity index is 802. The smallest absolute Gasteiger partial charge is 0.209 e. The zero-order valence-electron chi connectivity index (χ0n) is 12.6. The summed E-state index contributed by atoms with van der Waals surface area (Å²) in [5.41, 5.74) is 1.96. The first-order chi connectivity index (χ1) is 11.2. The van der Waals surface area contributed by atoms with E-state index in [0.717, 1.165) is 16.3 Å². The van der Waals surface area contributed by atoms with E-state index < -0.39 is 0 Å². The molecule has 0 saturated carbocycles. The lowest BCUT2D eigenvalue weighted by Crippen LogP contribution is -2.07. The maximum Gasteiger partial charge on any atom is 0.209 e. The Morgan fingerprint density at radius 1 is 1.26 bits per heavy atom. The molecule has 0 fully saturated rings. The van der Waals surface area contributed by atoms with Gasteiger partial charge in [0.25, 0.3) is 0 Å². The van der Waals surface area contributed by atoms with Crippen LogP contribution in [-0.2, 0) is 5.75 Å². The van der Waals surface area contributed by atoms with E-state index >= 15 is 0 Å². The molecule has 0 aliphatic heterocycles. The first kappa shape index (κ1) is 15.6. The van der Waals surface area contributed by atoms with E-state index in [1.807, 2.05) is 23.6 Å². The molecular weight excluding hydrogens is 334 g/mol. The number of nitrogen functional groups attached to an aromatic ring is 1. The topological polar surface area (TPSA) is 88.1 Å². The second-order valence-corrected chi connectivity index (χ2v) is 6.32. The summed E-state index contributed by atoms with van der Waals surface area (Å²) in [6, 6.07) is 5.76. The molecule has 0 unspecified atom stereocenters. The quantitative estimate of drug-likeness (QED) is 0.540. The molecule has 0 amide bonds. The van der Waals surface area contributed by atoms with Gasteiger partial charge in [0.05, 0.1) is 19.9 Å². The molecule has 0 spiro atoms. The second kappa shape index (κ2) is 6.88.